The molecule has 2 nitrogen and oxygen atoms in total. The molecule has 1 radical (unpaired) electrons. The Balaban J connectivity index is -0.0000000387. The summed E-state index contributed by atoms with van der Waals surface area (Å²) >= 11 is 12.0. The van der Waals surface area contributed by atoms with Gasteiger partial charge in [-0.25, -0.2) is 0 Å². The Hall–Kier alpha value is 4.56. The van der Waals surface area contributed by atoms with Gasteiger partial charge >= 0.3 is 195 Å². The van der Waals surface area contributed by atoms with Crippen LogP contribution in [0.1, 0.15) is 6.42 Å². The molecule has 0 saturated heterocycles. The van der Waals surface area contributed by atoms with Crippen molar-refractivity contribution in [2.75, 3.05) is 0 Å². The van der Waals surface area contributed by atoms with E-state index in [1.54, 1.807) is 64.9 Å². The van der Waals surface area contributed by atoms with Crippen LogP contribution in [0.3, 0.4) is 0 Å². The Morgan fingerprint density at radius 2 is 1.55 bits per heavy atom. The third-order valence-corrected chi connectivity index (χ3v) is 6.16. The van der Waals surface area contributed by atoms with E-state index in [1.807, 2.05) is 0 Å². The van der Waals surface area contributed by atoms with Gasteiger partial charge in [-0.05, 0) is 0 Å². The molecule has 0 spiro atoms. The Morgan fingerprint density at radius 3 is 1.70 bits per heavy atom. The average Bonchev–Trinajstić information content (AvgIpc) is 2.44. The van der Waals surface area contributed by atoms with Gasteiger partial charge in [0, 0.05) is 32.7 Å². The Bertz CT molecular complexity index is 249. The quantitative estimate of drug-likeness (QED) is 0.328. The number of rotatable bonds is 6. The van der Waals surface area contributed by atoms with Crippen molar-refractivity contribution in [2.24, 2.45) is 5.92 Å². The van der Waals surface area contributed by atoms with E-state index in [1.165, 1.54) is 68.4 Å². The van der Waals surface area contributed by atoms with Gasteiger partial charge in [-0.3, -0.25) is 0 Å². The number of ether oxygens (including phenoxy) is 1. The van der Waals surface area contributed by atoms with Crippen LogP contribution >= 0.6 is 0 Å². The van der Waals surface area contributed by atoms with Crippen LogP contribution in [-0.2, 0) is 185 Å². The van der Waals surface area contributed by atoms with Crippen LogP contribution in [-0.4, -0.2) is 23.8 Å². The van der Waals surface area contributed by atoms with Gasteiger partial charge in [0.1, 0.15) is 0 Å². The molecule has 0 N–H and O–H groups in total. The molecule has 12 heteroatoms. The van der Waals surface area contributed by atoms with Crippen LogP contribution < -0.4 is 0 Å². The Labute approximate surface area is 222 Å². The standard InChI is InChI=1S/C6H5.C2O2.Rf.8W.Y/c1-4-5-6(2)3;1-4-2-3;;;;;;;;;;/h6H,2,5H2;;;;;;;;;;;/q-3;-2;;;;;;;;;;. The zero-order valence-electron chi connectivity index (χ0n) is 9.86. The monoisotopic (exact) mass is 1960 g/mol. The smallest absolute Gasteiger partial charge is 0 e. The van der Waals surface area contributed by atoms with E-state index in [0.717, 1.165) is 25.8 Å². The van der Waals surface area contributed by atoms with Gasteiger partial charge in [-0.1, -0.05) is 0 Å². The fourth-order valence-electron chi connectivity index (χ4n) is 0.324. The number of hydrogen-bond acceptors (Lipinski definition) is 2. The molecule has 0 aliphatic rings. The molecule has 0 aliphatic heterocycles. The van der Waals surface area contributed by atoms with Crippen LogP contribution in [0.2, 0.25) is 0 Å². The van der Waals surface area contributed by atoms with Gasteiger partial charge < -0.3 is 0 Å². The van der Waals surface area contributed by atoms with Crippen molar-refractivity contribution in [3.05, 3.63) is 6.92 Å². The zero-order chi connectivity index (χ0) is 15.4. The molecule has 0 heterocycles. The van der Waals surface area contributed by atoms with Gasteiger partial charge in [0.25, 0.3) is 0 Å². The van der Waals surface area contributed by atoms with Crippen molar-refractivity contribution in [2.45, 2.75) is 6.42 Å². The van der Waals surface area contributed by atoms with Crippen LogP contribution in [0.25, 0.3) is 0 Å². The summed E-state index contributed by atoms with van der Waals surface area (Å²) in [5.41, 5.74) is 0. The minimum absolute atomic E-state index is 0. The van der Waals surface area contributed by atoms with Crippen molar-refractivity contribution in [1.82, 2.24) is 0 Å². The second kappa shape index (κ2) is 43.7. The average molecular weight is 1960 g/mol. The fourth-order valence-corrected chi connectivity index (χ4v) is 1.77. The topological polar surface area (TPSA) is 26.3 Å². The summed E-state index contributed by atoms with van der Waals surface area (Å²) in [7, 11) is 0. The van der Waals surface area contributed by atoms with Crippen molar-refractivity contribution < 1.29 is 185 Å². The first-order chi connectivity index (χ1) is 8.62. The first-order valence-electron chi connectivity index (χ1n) is 3.47. The molecule has 0 bridgehead atoms. The summed E-state index contributed by atoms with van der Waals surface area (Å²) in [6.07, 6.45) is 1.07. The van der Waals surface area contributed by atoms with Gasteiger partial charge in [0.2, 0.25) is 0 Å². The molecule has 0 amide bonds. The van der Waals surface area contributed by atoms with E-state index in [0.29, 0.717) is 5.92 Å². The molecule has 1 unspecified atom stereocenters. The molecular weight excluding hydrogens is 1950 g/mol. The second-order valence-electron chi connectivity index (χ2n) is 1.81. The summed E-state index contributed by atoms with van der Waals surface area (Å²) in [5, 5.41) is 0. The molecule has 0 rings (SSSR count). The zero-order valence-corrected chi connectivity index (χ0v) is 42.6. The van der Waals surface area contributed by atoms with Gasteiger partial charge in [-0.15, -0.1) is 0 Å². The Morgan fingerprint density at radius 1 is 1.15 bits per heavy atom. The van der Waals surface area contributed by atoms with Crippen molar-refractivity contribution in [1.29, 1.82) is 0 Å². The minimum Gasteiger partial charge on any atom is 0 e. The van der Waals surface area contributed by atoms with E-state index >= 15 is 0 Å². The molecule has 0 fully saturated rings. The normalized spacial score (nSPS) is 7.25. The molecule has 20 heavy (non-hydrogen) atoms. The molecular formula is C8H5O2RfW8Y-5. The van der Waals surface area contributed by atoms with E-state index in [-0.39, 0.29) is 32.7 Å². The summed E-state index contributed by atoms with van der Waals surface area (Å²) in [5.74, 6) is 0.402. The third-order valence-electron chi connectivity index (χ3n) is 0.796. The van der Waals surface area contributed by atoms with E-state index < -0.39 is 0 Å². The van der Waals surface area contributed by atoms with E-state index in [9.17, 15) is 0 Å². The second-order valence-corrected chi connectivity index (χ2v) is 5.76. The number of carbonyl (C=O) groups excluding carboxylic acids is 1. The summed E-state index contributed by atoms with van der Waals surface area (Å²) in [6.45, 7) is 5.09. The molecule has 0 aromatic heterocycles. The predicted octanol–water partition coefficient (Wildman–Crippen LogP) is -0.761. The minimum atomic E-state index is 0. The predicted molar refractivity (Wildman–Crippen MR) is 40.3 cm³/mol. The van der Waals surface area contributed by atoms with Crippen LogP contribution in [0.5, 0.6) is 0 Å². The van der Waals surface area contributed by atoms with Crippen molar-refractivity contribution >= 4 is 23.8 Å². The molecule has 0 aliphatic carbocycles. The van der Waals surface area contributed by atoms with Gasteiger partial charge in [0.05, 0.1) is 0 Å². The van der Waals surface area contributed by atoms with Gasteiger partial charge in [0.15, 0.2) is 0 Å². The SMILES string of the molecule is O=[C-]O[C-]=[W].[CH2-]C([C-]=[W])C[C](=[W])[C-]=[W].[Rf].[W]=[W].[W]=[W].[Y]. The Kier molecular flexibility index (Phi) is 86.5. The molecule has 0 aromatic carbocycles. The van der Waals surface area contributed by atoms with Gasteiger partial charge in [-0.2, -0.15) is 0 Å². The molecule has 0 aromatic rings. The van der Waals surface area contributed by atoms with Crippen LogP contribution in [0, 0.1) is 12.8 Å². The maximum absolute atomic E-state index is 9.01. The van der Waals surface area contributed by atoms with Crippen molar-refractivity contribution in [3.8, 4) is 0 Å². The molecule has 107 valence electrons. The maximum atomic E-state index is 9.01. The van der Waals surface area contributed by atoms with Crippen molar-refractivity contribution in [3.63, 3.8) is 0 Å². The third kappa shape index (κ3) is 49.5. The molecule has 1 atom stereocenters. The largest absolute Gasteiger partial charge is 0 e. The summed E-state index contributed by atoms with van der Waals surface area (Å²) < 4.78 is 13.8. The summed E-state index contributed by atoms with van der Waals surface area (Å²) in [6, 6.07) is 0. The van der Waals surface area contributed by atoms with E-state index in [4.69, 9.17) is 4.79 Å². The first-order valence-corrected chi connectivity index (χ1v) is 31.3. The fraction of sp³-hybridized carbons (Fsp3) is 0.250. The maximum Gasteiger partial charge on any atom is 0 e. The first kappa shape index (κ1) is 39.6. The van der Waals surface area contributed by atoms with Crippen LogP contribution in [0.4, 0.5) is 0 Å². The van der Waals surface area contributed by atoms with Crippen LogP contribution in [0.15, 0.2) is 0 Å². The number of hydrogen-bond donors (Lipinski definition) is 0. The van der Waals surface area contributed by atoms with E-state index in [2.05, 4.69) is 25.0 Å². The molecule has 0 saturated carbocycles. The summed E-state index contributed by atoms with van der Waals surface area (Å²) in [4.78, 5) is 9.01.